The molecule has 0 aliphatic heterocycles. The molecule has 21 heavy (non-hydrogen) atoms. The van der Waals surface area contributed by atoms with Crippen LogP contribution in [0.15, 0.2) is 54.6 Å². The van der Waals surface area contributed by atoms with Gasteiger partial charge in [0.1, 0.15) is 5.75 Å². The Balaban J connectivity index is 1.82. The van der Waals surface area contributed by atoms with Crippen LogP contribution >= 0.6 is 0 Å². The molecule has 0 amide bonds. The summed E-state index contributed by atoms with van der Waals surface area (Å²) in [4.78, 5) is 0. The summed E-state index contributed by atoms with van der Waals surface area (Å²) in [5.74, 6) is 1.19. The number of hydrogen-bond donors (Lipinski definition) is 2. The lowest BCUT2D eigenvalue weighted by Gasteiger charge is -2.16. The van der Waals surface area contributed by atoms with Crippen LogP contribution in [-0.2, 0) is 0 Å². The van der Waals surface area contributed by atoms with Crippen molar-refractivity contribution < 1.29 is 9.84 Å². The zero-order valence-corrected chi connectivity index (χ0v) is 12.6. The molecule has 0 aromatic heterocycles. The Morgan fingerprint density at radius 3 is 2.43 bits per heavy atom. The Hall–Kier alpha value is -1.84. The molecule has 3 heteroatoms. The average Bonchev–Trinajstić information content (AvgIpc) is 2.55. The van der Waals surface area contributed by atoms with Gasteiger partial charge in [-0.3, -0.25) is 0 Å². The third-order valence-corrected chi connectivity index (χ3v) is 3.64. The van der Waals surface area contributed by atoms with Gasteiger partial charge in [-0.05, 0) is 29.2 Å². The number of ether oxygens (including phenoxy) is 1. The Kier molecular flexibility index (Phi) is 5.78. The van der Waals surface area contributed by atoms with Crippen LogP contribution in [0.4, 0.5) is 0 Å². The molecule has 0 heterocycles. The Labute approximate surface area is 126 Å². The fourth-order valence-electron chi connectivity index (χ4n) is 2.30. The van der Waals surface area contributed by atoms with E-state index in [4.69, 9.17) is 4.74 Å². The van der Waals surface area contributed by atoms with E-state index in [0.29, 0.717) is 12.5 Å². The number of benzene rings is 2. The summed E-state index contributed by atoms with van der Waals surface area (Å²) in [6, 6.07) is 17.9. The van der Waals surface area contributed by atoms with E-state index in [1.807, 2.05) is 30.3 Å². The maximum atomic E-state index is 10.2. The number of aliphatic hydroxyl groups excluding tert-OH is 1. The topological polar surface area (TPSA) is 41.5 Å². The molecule has 0 saturated carbocycles. The molecular weight excluding hydrogens is 262 g/mol. The van der Waals surface area contributed by atoms with E-state index in [1.165, 1.54) is 5.56 Å². The van der Waals surface area contributed by atoms with E-state index in [-0.39, 0.29) is 0 Å². The molecule has 0 fully saturated rings. The highest BCUT2D eigenvalue weighted by atomic mass is 16.5. The van der Waals surface area contributed by atoms with Crippen molar-refractivity contribution in [3.8, 4) is 5.75 Å². The lowest BCUT2D eigenvalue weighted by molar-refractivity contribution is 0.174. The van der Waals surface area contributed by atoms with Gasteiger partial charge in [-0.15, -0.1) is 0 Å². The average molecular weight is 285 g/mol. The smallest absolute Gasteiger partial charge is 0.119 e. The third-order valence-electron chi connectivity index (χ3n) is 3.64. The highest BCUT2D eigenvalue weighted by molar-refractivity contribution is 5.30. The summed E-state index contributed by atoms with van der Waals surface area (Å²) in [5, 5.41) is 13.5. The quantitative estimate of drug-likeness (QED) is 0.821. The highest BCUT2D eigenvalue weighted by Crippen LogP contribution is 2.19. The molecule has 0 radical (unpaired) electrons. The molecule has 112 valence electrons. The van der Waals surface area contributed by atoms with Gasteiger partial charge in [0.15, 0.2) is 0 Å². The predicted octanol–water partition coefficient (Wildman–Crippen LogP) is 3.12. The molecule has 2 atom stereocenters. The first-order chi connectivity index (χ1) is 10.2. The normalized spacial score (nSPS) is 13.7. The number of hydrogen-bond acceptors (Lipinski definition) is 3. The van der Waals surface area contributed by atoms with Gasteiger partial charge >= 0.3 is 0 Å². The lowest BCUT2D eigenvalue weighted by Crippen LogP contribution is -2.25. The monoisotopic (exact) mass is 285 g/mol. The van der Waals surface area contributed by atoms with Crippen molar-refractivity contribution in [2.24, 2.45) is 0 Å². The number of rotatable bonds is 7. The minimum atomic E-state index is -0.525. The van der Waals surface area contributed by atoms with E-state index >= 15 is 0 Å². The lowest BCUT2D eigenvalue weighted by atomic mass is 10.0. The van der Waals surface area contributed by atoms with Crippen LogP contribution < -0.4 is 10.1 Å². The van der Waals surface area contributed by atoms with Gasteiger partial charge in [0.25, 0.3) is 0 Å². The van der Waals surface area contributed by atoms with Gasteiger partial charge in [-0.1, -0.05) is 49.4 Å². The zero-order chi connectivity index (χ0) is 15.1. The third kappa shape index (κ3) is 4.59. The molecule has 2 unspecified atom stereocenters. The van der Waals surface area contributed by atoms with Crippen LogP contribution in [0.2, 0.25) is 0 Å². The summed E-state index contributed by atoms with van der Waals surface area (Å²) in [5.41, 5.74) is 2.18. The van der Waals surface area contributed by atoms with E-state index < -0.39 is 6.10 Å². The zero-order valence-electron chi connectivity index (χ0n) is 12.6. The first-order valence-corrected chi connectivity index (χ1v) is 7.28. The fraction of sp³-hybridized carbons (Fsp3) is 0.333. The second-order valence-corrected chi connectivity index (χ2v) is 5.26. The van der Waals surface area contributed by atoms with Gasteiger partial charge < -0.3 is 15.2 Å². The van der Waals surface area contributed by atoms with Crippen LogP contribution in [-0.4, -0.2) is 25.3 Å². The maximum absolute atomic E-state index is 10.2. The minimum absolute atomic E-state index is 0.420. The Morgan fingerprint density at radius 2 is 1.71 bits per heavy atom. The van der Waals surface area contributed by atoms with Crippen LogP contribution in [0.3, 0.4) is 0 Å². The van der Waals surface area contributed by atoms with Gasteiger partial charge in [-0.2, -0.15) is 0 Å². The molecule has 0 aliphatic rings. The first-order valence-electron chi connectivity index (χ1n) is 7.28. The van der Waals surface area contributed by atoms with Gasteiger partial charge in [0, 0.05) is 13.1 Å². The second-order valence-electron chi connectivity index (χ2n) is 5.26. The van der Waals surface area contributed by atoms with E-state index in [2.05, 4.69) is 36.5 Å². The first kappa shape index (κ1) is 15.5. The fourth-order valence-corrected chi connectivity index (χ4v) is 2.30. The van der Waals surface area contributed by atoms with Gasteiger partial charge in [0.2, 0.25) is 0 Å². The molecule has 2 N–H and O–H groups in total. The molecule has 2 aromatic carbocycles. The predicted molar refractivity (Wildman–Crippen MR) is 85.7 cm³/mol. The minimum Gasteiger partial charge on any atom is -0.497 e. The van der Waals surface area contributed by atoms with Crippen LogP contribution in [0, 0.1) is 0 Å². The van der Waals surface area contributed by atoms with E-state index in [0.717, 1.165) is 17.9 Å². The molecule has 0 spiro atoms. The molecule has 3 nitrogen and oxygen atoms in total. The van der Waals surface area contributed by atoms with Crippen LogP contribution in [0.5, 0.6) is 5.75 Å². The SMILES string of the molecule is COc1cccc(C(O)CNCC(C)c2ccccc2)c1. The van der Waals surface area contributed by atoms with Crippen molar-refractivity contribution in [2.75, 3.05) is 20.2 Å². The molecule has 0 aliphatic carbocycles. The summed E-state index contributed by atoms with van der Waals surface area (Å²) in [6.07, 6.45) is -0.525. The van der Waals surface area contributed by atoms with Crippen LogP contribution in [0.1, 0.15) is 30.1 Å². The van der Waals surface area contributed by atoms with Crippen LogP contribution in [0.25, 0.3) is 0 Å². The molecule has 0 bridgehead atoms. The van der Waals surface area contributed by atoms with Crippen molar-refractivity contribution in [1.82, 2.24) is 5.32 Å². The Morgan fingerprint density at radius 1 is 1.00 bits per heavy atom. The van der Waals surface area contributed by atoms with Crippen molar-refractivity contribution in [2.45, 2.75) is 18.9 Å². The van der Waals surface area contributed by atoms with Gasteiger partial charge in [0.05, 0.1) is 13.2 Å². The molecule has 0 saturated heterocycles. The summed E-state index contributed by atoms with van der Waals surface area (Å²) >= 11 is 0. The largest absolute Gasteiger partial charge is 0.497 e. The number of aliphatic hydroxyl groups is 1. The molecule has 2 aromatic rings. The maximum Gasteiger partial charge on any atom is 0.119 e. The molecular formula is C18H23NO2. The number of nitrogens with one attached hydrogen (secondary N) is 1. The van der Waals surface area contributed by atoms with E-state index in [9.17, 15) is 5.11 Å². The summed E-state index contributed by atoms with van der Waals surface area (Å²) < 4.78 is 5.17. The summed E-state index contributed by atoms with van der Waals surface area (Å²) in [7, 11) is 1.63. The van der Waals surface area contributed by atoms with Crippen molar-refractivity contribution in [3.05, 3.63) is 65.7 Å². The Bertz CT molecular complexity index is 542. The number of methoxy groups -OCH3 is 1. The van der Waals surface area contributed by atoms with Crippen molar-refractivity contribution in [3.63, 3.8) is 0 Å². The van der Waals surface area contributed by atoms with Gasteiger partial charge in [-0.25, -0.2) is 0 Å². The van der Waals surface area contributed by atoms with E-state index in [1.54, 1.807) is 7.11 Å². The van der Waals surface area contributed by atoms with Crippen molar-refractivity contribution in [1.29, 1.82) is 0 Å². The highest BCUT2D eigenvalue weighted by Gasteiger charge is 2.10. The standard InChI is InChI=1S/C18H23NO2/c1-14(15-7-4-3-5-8-15)12-19-13-18(20)16-9-6-10-17(11-16)21-2/h3-11,14,18-20H,12-13H2,1-2H3. The molecule has 2 rings (SSSR count). The van der Waals surface area contributed by atoms with Crippen molar-refractivity contribution >= 4 is 0 Å². The second kappa shape index (κ2) is 7.81. The summed E-state index contributed by atoms with van der Waals surface area (Å²) in [6.45, 7) is 3.55.